The summed E-state index contributed by atoms with van der Waals surface area (Å²) in [6, 6.07) is 4.68. The summed E-state index contributed by atoms with van der Waals surface area (Å²) in [6.07, 6.45) is 2.13. The van der Waals surface area contributed by atoms with Crippen molar-refractivity contribution in [1.29, 1.82) is 0 Å². The molecule has 134 valence electrons. The van der Waals surface area contributed by atoms with Crippen molar-refractivity contribution in [1.82, 2.24) is 5.32 Å². The second-order valence-corrected chi connectivity index (χ2v) is 6.51. The number of rotatable bonds is 8. The average Bonchev–Trinajstić information content (AvgIpc) is 2.57. The number of quaternary nitrogens is 2. The molecule has 1 aromatic carbocycles. The Bertz CT molecular complexity index is 531. The molecule has 6 heteroatoms. The number of carbonyl (C=O) groups excluding carboxylic acids is 1. The van der Waals surface area contributed by atoms with Crippen LogP contribution in [0.5, 0.6) is 5.75 Å². The van der Waals surface area contributed by atoms with E-state index in [1.165, 1.54) is 15.9 Å². The predicted molar refractivity (Wildman–Crippen MR) is 90.8 cm³/mol. The lowest BCUT2D eigenvalue weighted by Crippen LogP contribution is -3.28. The van der Waals surface area contributed by atoms with Crippen LogP contribution >= 0.6 is 0 Å². The molecule has 0 radical (unpaired) electrons. The van der Waals surface area contributed by atoms with Gasteiger partial charge in [0.2, 0.25) is 0 Å². The van der Waals surface area contributed by atoms with Crippen molar-refractivity contribution in [2.24, 2.45) is 0 Å². The maximum absolute atomic E-state index is 13.5. The monoisotopic (exact) mass is 339 g/mol. The molecule has 5 nitrogen and oxygen atoms in total. The number of unbranched alkanes of at least 4 members (excludes halogenated alkanes) is 1. The van der Waals surface area contributed by atoms with Crippen LogP contribution < -0.4 is 19.9 Å². The molecule has 24 heavy (non-hydrogen) atoms. The lowest BCUT2D eigenvalue weighted by Gasteiger charge is -2.29. The molecule has 0 spiro atoms. The fourth-order valence-electron chi connectivity index (χ4n) is 3.16. The van der Waals surface area contributed by atoms with Crippen molar-refractivity contribution in [2.45, 2.75) is 26.3 Å². The minimum Gasteiger partial charge on any atom is -0.496 e. The van der Waals surface area contributed by atoms with E-state index in [1.807, 2.05) is 0 Å². The number of hydrogen-bond donors (Lipinski definition) is 3. The highest BCUT2D eigenvalue weighted by atomic mass is 19.1. The first kappa shape index (κ1) is 18.7. The largest absolute Gasteiger partial charge is 0.496 e. The topological polar surface area (TPSA) is 47.2 Å². The zero-order valence-electron chi connectivity index (χ0n) is 14.8. The smallest absolute Gasteiger partial charge is 0.275 e. The summed E-state index contributed by atoms with van der Waals surface area (Å²) in [7, 11) is 1.62. The van der Waals surface area contributed by atoms with Gasteiger partial charge in [0.05, 0.1) is 12.7 Å². The molecule has 1 amide bonds. The Labute approximate surface area is 143 Å². The molecule has 3 N–H and O–H groups in total. The van der Waals surface area contributed by atoms with Crippen molar-refractivity contribution in [3.8, 4) is 5.75 Å². The van der Waals surface area contributed by atoms with E-state index in [4.69, 9.17) is 4.74 Å². The van der Waals surface area contributed by atoms with Crippen LogP contribution in [-0.4, -0.2) is 52.3 Å². The lowest BCUT2D eigenvalue weighted by atomic mass is 10.1. The van der Waals surface area contributed by atoms with Gasteiger partial charge in [0.15, 0.2) is 6.54 Å². The molecule has 0 unspecified atom stereocenters. The van der Waals surface area contributed by atoms with Gasteiger partial charge < -0.3 is 19.9 Å². The third kappa shape index (κ3) is 5.76. The summed E-state index contributed by atoms with van der Waals surface area (Å²) < 4.78 is 18.8. The standard InChI is InChI=1S/C18H28FN3O2/c1-3-4-7-20-18(23)14-22-10-8-21(9-11-22)13-15-12-16(19)5-6-17(15)24-2/h5-6,12H,3-4,7-11,13-14H2,1-2H3,(H,20,23)/p+2. The van der Waals surface area contributed by atoms with Crippen LogP contribution in [0.25, 0.3) is 0 Å². The number of carbonyl (C=O) groups is 1. The molecule has 0 atom stereocenters. The molecule has 1 fully saturated rings. The quantitative estimate of drug-likeness (QED) is 0.534. The van der Waals surface area contributed by atoms with Crippen LogP contribution in [0.2, 0.25) is 0 Å². The second kappa shape index (κ2) is 9.59. The first-order valence-electron chi connectivity index (χ1n) is 8.88. The maximum atomic E-state index is 13.5. The van der Waals surface area contributed by atoms with E-state index in [9.17, 15) is 9.18 Å². The van der Waals surface area contributed by atoms with Gasteiger partial charge in [-0.1, -0.05) is 13.3 Å². The molecular formula is C18H30FN3O2+2. The van der Waals surface area contributed by atoms with E-state index in [0.29, 0.717) is 6.54 Å². The van der Waals surface area contributed by atoms with E-state index < -0.39 is 0 Å². The molecule has 1 aliphatic heterocycles. The number of halogens is 1. The minimum atomic E-state index is -0.224. The molecule has 0 saturated carbocycles. The van der Waals surface area contributed by atoms with E-state index in [-0.39, 0.29) is 11.7 Å². The minimum absolute atomic E-state index is 0.147. The predicted octanol–water partition coefficient (Wildman–Crippen LogP) is -0.966. The fraction of sp³-hybridized carbons (Fsp3) is 0.611. The molecular weight excluding hydrogens is 309 g/mol. The van der Waals surface area contributed by atoms with E-state index in [1.54, 1.807) is 19.2 Å². The summed E-state index contributed by atoms with van der Waals surface area (Å²) in [4.78, 5) is 14.6. The van der Waals surface area contributed by atoms with Gasteiger partial charge >= 0.3 is 0 Å². The second-order valence-electron chi connectivity index (χ2n) is 6.51. The van der Waals surface area contributed by atoms with Crippen LogP contribution in [0.3, 0.4) is 0 Å². The van der Waals surface area contributed by atoms with Crippen molar-refractivity contribution in [2.75, 3.05) is 46.4 Å². The van der Waals surface area contributed by atoms with Gasteiger partial charge in [-0.3, -0.25) is 4.79 Å². The third-order valence-electron chi connectivity index (χ3n) is 4.61. The Morgan fingerprint density at radius 2 is 1.96 bits per heavy atom. The summed E-state index contributed by atoms with van der Waals surface area (Å²) >= 11 is 0. The van der Waals surface area contributed by atoms with Crippen molar-refractivity contribution in [3.05, 3.63) is 29.6 Å². The Hall–Kier alpha value is -1.66. The maximum Gasteiger partial charge on any atom is 0.275 e. The van der Waals surface area contributed by atoms with Crippen molar-refractivity contribution < 1.29 is 23.7 Å². The number of piperazine rings is 1. The van der Waals surface area contributed by atoms with Crippen molar-refractivity contribution >= 4 is 5.91 Å². The highest BCUT2D eigenvalue weighted by Crippen LogP contribution is 2.18. The molecule has 1 aromatic rings. The lowest BCUT2D eigenvalue weighted by molar-refractivity contribution is -1.02. The number of nitrogens with one attached hydrogen (secondary N) is 3. The van der Waals surface area contributed by atoms with Crippen molar-refractivity contribution in [3.63, 3.8) is 0 Å². The van der Waals surface area contributed by atoms with Gasteiger partial charge in [0.1, 0.15) is 44.3 Å². The van der Waals surface area contributed by atoms with Gasteiger partial charge in [-0.15, -0.1) is 0 Å². The van der Waals surface area contributed by atoms with Gasteiger partial charge in [-0.05, 0) is 24.6 Å². The van der Waals surface area contributed by atoms with Crippen LogP contribution in [0.4, 0.5) is 4.39 Å². The third-order valence-corrected chi connectivity index (χ3v) is 4.61. The number of benzene rings is 1. The van der Waals surface area contributed by atoms with Crippen LogP contribution in [0.15, 0.2) is 18.2 Å². The Balaban J connectivity index is 1.77. The number of amides is 1. The zero-order chi connectivity index (χ0) is 17.4. The number of hydrogen-bond acceptors (Lipinski definition) is 2. The van der Waals surface area contributed by atoms with Crippen LogP contribution in [0, 0.1) is 5.82 Å². The Kier molecular flexibility index (Phi) is 7.46. The zero-order valence-corrected chi connectivity index (χ0v) is 14.8. The van der Waals surface area contributed by atoms with Crippen LogP contribution in [-0.2, 0) is 11.3 Å². The molecule has 0 aromatic heterocycles. The highest BCUT2D eigenvalue weighted by molar-refractivity contribution is 5.76. The molecule has 1 heterocycles. The summed E-state index contributed by atoms with van der Waals surface area (Å²) in [6.45, 7) is 8.11. The average molecular weight is 339 g/mol. The first-order valence-corrected chi connectivity index (χ1v) is 8.88. The SMILES string of the molecule is CCCCNC(=O)C[NH+]1CC[NH+](Cc2cc(F)ccc2OC)CC1. The normalized spacial score (nSPS) is 20.6. The van der Waals surface area contributed by atoms with E-state index in [2.05, 4.69) is 12.2 Å². The fourth-order valence-corrected chi connectivity index (χ4v) is 3.16. The Morgan fingerprint density at radius 3 is 2.62 bits per heavy atom. The molecule has 2 rings (SSSR count). The number of ether oxygens (including phenoxy) is 1. The van der Waals surface area contributed by atoms with E-state index >= 15 is 0 Å². The van der Waals surface area contributed by atoms with Gasteiger partial charge in [0.25, 0.3) is 5.91 Å². The van der Waals surface area contributed by atoms with Gasteiger partial charge in [-0.25, -0.2) is 4.39 Å². The summed E-state index contributed by atoms with van der Waals surface area (Å²) in [5, 5.41) is 2.98. The van der Waals surface area contributed by atoms with Crippen LogP contribution in [0.1, 0.15) is 25.3 Å². The summed E-state index contributed by atoms with van der Waals surface area (Å²) in [5.74, 6) is 0.667. The molecule has 1 aliphatic rings. The molecule has 0 bridgehead atoms. The summed E-state index contributed by atoms with van der Waals surface area (Å²) in [5.41, 5.74) is 0.910. The molecule has 0 aliphatic carbocycles. The first-order chi connectivity index (χ1) is 11.6. The van der Waals surface area contributed by atoms with Gasteiger partial charge in [-0.2, -0.15) is 0 Å². The highest BCUT2D eigenvalue weighted by Gasteiger charge is 2.25. The van der Waals surface area contributed by atoms with E-state index in [0.717, 1.165) is 63.4 Å². The molecule has 1 saturated heterocycles. The Morgan fingerprint density at radius 1 is 1.25 bits per heavy atom. The van der Waals surface area contributed by atoms with Gasteiger partial charge in [0, 0.05) is 6.54 Å². The number of methoxy groups -OCH3 is 1.